The highest BCUT2D eigenvalue weighted by Gasteiger charge is 2.14. The lowest BCUT2D eigenvalue weighted by molar-refractivity contribution is 0.0919. The van der Waals surface area contributed by atoms with Crippen LogP contribution in [0.25, 0.3) is 0 Å². The third-order valence-electron chi connectivity index (χ3n) is 2.80. The van der Waals surface area contributed by atoms with E-state index in [9.17, 15) is 4.79 Å². The smallest absolute Gasteiger partial charge is 0.200 e. The van der Waals surface area contributed by atoms with Gasteiger partial charge in [0, 0.05) is 11.6 Å². The lowest BCUT2D eigenvalue weighted by Crippen LogP contribution is -2.12. The predicted octanol–water partition coefficient (Wildman–Crippen LogP) is 3.59. The lowest BCUT2D eigenvalue weighted by atomic mass is 10.1. The Hall–Kier alpha value is -2.32. The van der Waals surface area contributed by atoms with E-state index < -0.39 is 0 Å². The van der Waals surface area contributed by atoms with Crippen molar-refractivity contribution in [3.8, 4) is 17.6 Å². The molecule has 0 spiro atoms. The number of Topliss-reactive ketones (excluding diaryl/α,β-unsaturated/α-hetero) is 1. The number of rotatable bonds is 5. The summed E-state index contributed by atoms with van der Waals surface area (Å²) in [5, 5.41) is 8.92. The van der Waals surface area contributed by atoms with Crippen molar-refractivity contribution in [3.63, 3.8) is 0 Å². The number of carbonyl (C=O) groups is 1. The van der Waals surface area contributed by atoms with Crippen molar-refractivity contribution in [2.24, 2.45) is 0 Å². The van der Waals surface area contributed by atoms with Crippen molar-refractivity contribution in [2.45, 2.75) is 0 Å². The molecule has 0 aromatic heterocycles. The summed E-state index contributed by atoms with van der Waals surface area (Å²) in [6.07, 6.45) is 0. The first-order valence-electron chi connectivity index (χ1n) is 6.14. The zero-order valence-electron chi connectivity index (χ0n) is 11.3. The highest BCUT2D eigenvalue weighted by atomic mass is 79.9. The van der Waals surface area contributed by atoms with Crippen LogP contribution in [0.5, 0.6) is 11.5 Å². The van der Waals surface area contributed by atoms with Crippen LogP contribution in [0.2, 0.25) is 0 Å². The Kier molecular flexibility index (Phi) is 4.96. The number of halogens is 1. The Morgan fingerprint density at radius 1 is 1.29 bits per heavy atom. The summed E-state index contributed by atoms with van der Waals surface area (Å²) >= 11 is 3.32. The van der Waals surface area contributed by atoms with Crippen molar-refractivity contribution in [1.29, 1.82) is 5.26 Å². The summed E-state index contributed by atoms with van der Waals surface area (Å²) in [6.45, 7) is -0.106. The van der Waals surface area contributed by atoms with Crippen molar-refractivity contribution >= 4 is 21.7 Å². The standard InChI is InChI=1S/C16H12BrNO3/c1-20-15-8-11(9-18)7-13(17)16(15)21-10-14(19)12-5-3-2-4-6-12/h2-8H,10H2,1H3. The summed E-state index contributed by atoms with van der Waals surface area (Å²) in [7, 11) is 1.48. The maximum absolute atomic E-state index is 12.0. The van der Waals surface area contributed by atoms with E-state index >= 15 is 0 Å². The predicted molar refractivity (Wildman–Crippen MR) is 81.7 cm³/mol. The maximum Gasteiger partial charge on any atom is 0.200 e. The number of ketones is 1. The van der Waals surface area contributed by atoms with E-state index in [2.05, 4.69) is 15.9 Å². The largest absolute Gasteiger partial charge is 0.493 e. The Morgan fingerprint density at radius 2 is 2.00 bits per heavy atom. The fourth-order valence-corrected chi connectivity index (χ4v) is 2.33. The number of nitriles is 1. The molecule has 0 saturated carbocycles. The number of ether oxygens (including phenoxy) is 2. The molecule has 2 aromatic rings. The van der Waals surface area contributed by atoms with E-state index in [-0.39, 0.29) is 12.4 Å². The van der Waals surface area contributed by atoms with Gasteiger partial charge in [0.15, 0.2) is 23.9 Å². The number of hydrogen-bond donors (Lipinski definition) is 0. The van der Waals surface area contributed by atoms with Crippen molar-refractivity contribution in [2.75, 3.05) is 13.7 Å². The first-order valence-corrected chi connectivity index (χ1v) is 6.93. The Bertz CT molecular complexity index is 693. The third-order valence-corrected chi connectivity index (χ3v) is 3.39. The first kappa shape index (κ1) is 15.1. The molecule has 0 unspecified atom stereocenters. The number of methoxy groups -OCH3 is 1. The molecule has 0 aliphatic rings. The zero-order chi connectivity index (χ0) is 15.2. The van der Waals surface area contributed by atoms with Gasteiger partial charge in [-0.25, -0.2) is 0 Å². The second kappa shape index (κ2) is 6.91. The topological polar surface area (TPSA) is 59.3 Å². The summed E-state index contributed by atoms with van der Waals surface area (Å²) in [6, 6.07) is 14.1. The van der Waals surface area contributed by atoms with Gasteiger partial charge in [0.05, 0.1) is 23.2 Å². The Labute approximate surface area is 131 Å². The highest BCUT2D eigenvalue weighted by Crippen LogP contribution is 2.36. The third kappa shape index (κ3) is 3.61. The number of nitrogens with zero attached hydrogens (tertiary/aromatic N) is 1. The van der Waals surface area contributed by atoms with Gasteiger partial charge in [0.2, 0.25) is 0 Å². The molecule has 0 N–H and O–H groups in total. The second-order valence-corrected chi connectivity index (χ2v) is 5.03. The molecule has 0 saturated heterocycles. The van der Waals surface area contributed by atoms with E-state index in [1.54, 1.807) is 36.4 Å². The van der Waals surface area contributed by atoms with Crippen molar-refractivity contribution in [3.05, 3.63) is 58.1 Å². The van der Waals surface area contributed by atoms with Crippen LogP contribution >= 0.6 is 15.9 Å². The van der Waals surface area contributed by atoms with Crippen LogP contribution in [-0.4, -0.2) is 19.5 Å². The highest BCUT2D eigenvalue weighted by molar-refractivity contribution is 9.10. The van der Waals surface area contributed by atoms with E-state index in [1.807, 2.05) is 12.1 Å². The van der Waals surface area contributed by atoms with Gasteiger partial charge in [-0.1, -0.05) is 30.3 Å². The fourth-order valence-electron chi connectivity index (χ4n) is 1.77. The molecule has 0 aliphatic heterocycles. The summed E-state index contributed by atoms with van der Waals surface area (Å²) in [5.41, 5.74) is 1.03. The van der Waals surface area contributed by atoms with Gasteiger partial charge in [-0.2, -0.15) is 5.26 Å². The van der Waals surface area contributed by atoms with Gasteiger partial charge >= 0.3 is 0 Å². The summed E-state index contributed by atoms with van der Waals surface area (Å²) < 4.78 is 11.3. The number of benzene rings is 2. The van der Waals surface area contributed by atoms with Crippen LogP contribution in [0.4, 0.5) is 0 Å². The molecule has 2 rings (SSSR count). The van der Waals surface area contributed by atoms with Gasteiger partial charge in [-0.05, 0) is 22.0 Å². The molecule has 5 heteroatoms. The number of hydrogen-bond acceptors (Lipinski definition) is 4. The molecule has 0 atom stereocenters. The minimum absolute atomic E-state index is 0.106. The molecular weight excluding hydrogens is 334 g/mol. The van der Waals surface area contributed by atoms with Crippen LogP contribution in [-0.2, 0) is 0 Å². The van der Waals surface area contributed by atoms with Crippen molar-refractivity contribution in [1.82, 2.24) is 0 Å². The maximum atomic E-state index is 12.0. The SMILES string of the molecule is COc1cc(C#N)cc(Br)c1OCC(=O)c1ccccc1. The van der Waals surface area contributed by atoms with Gasteiger partial charge in [0.1, 0.15) is 0 Å². The molecular formula is C16H12BrNO3. The molecule has 106 valence electrons. The van der Waals surface area contributed by atoms with E-state index in [0.717, 1.165) is 0 Å². The van der Waals surface area contributed by atoms with Crippen LogP contribution in [0.1, 0.15) is 15.9 Å². The molecule has 4 nitrogen and oxygen atoms in total. The quantitative estimate of drug-likeness (QED) is 0.777. The second-order valence-electron chi connectivity index (χ2n) is 4.18. The average Bonchev–Trinajstić information content (AvgIpc) is 2.53. The zero-order valence-corrected chi connectivity index (χ0v) is 12.9. The molecule has 0 amide bonds. The normalized spacial score (nSPS) is 9.76. The molecule has 0 fully saturated rings. The minimum atomic E-state index is -0.131. The Balaban J connectivity index is 2.17. The van der Waals surface area contributed by atoms with E-state index in [4.69, 9.17) is 14.7 Å². The van der Waals surface area contributed by atoms with Gasteiger partial charge in [0.25, 0.3) is 0 Å². The average molecular weight is 346 g/mol. The summed E-state index contributed by atoms with van der Waals surface area (Å²) in [5.74, 6) is 0.677. The molecule has 2 aromatic carbocycles. The van der Waals surface area contributed by atoms with Crippen LogP contribution < -0.4 is 9.47 Å². The van der Waals surface area contributed by atoms with Gasteiger partial charge in [-0.3, -0.25) is 4.79 Å². The lowest BCUT2D eigenvalue weighted by Gasteiger charge is -2.12. The van der Waals surface area contributed by atoms with Gasteiger partial charge in [-0.15, -0.1) is 0 Å². The molecule has 0 bridgehead atoms. The molecule has 21 heavy (non-hydrogen) atoms. The Morgan fingerprint density at radius 3 is 2.62 bits per heavy atom. The van der Waals surface area contributed by atoms with Crippen LogP contribution in [0.15, 0.2) is 46.9 Å². The van der Waals surface area contributed by atoms with E-state index in [1.165, 1.54) is 7.11 Å². The van der Waals surface area contributed by atoms with Crippen LogP contribution in [0.3, 0.4) is 0 Å². The molecule has 0 aliphatic carbocycles. The monoisotopic (exact) mass is 345 g/mol. The number of carbonyl (C=O) groups excluding carboxylic acids is 1. The van der Waals surface area contributed by atoms with Crippen molar-refractivity contribution < 1.29 is 14.3 Å². The molecule has 0 heterocycles. The van der Waals surface area contributed by atoms with E-state index in [0.29, 0.717) is 27.1 Å². The fraction of sp³-hybridized carbons (Fsp3) is 0.125. The summed E-state index contributed by atoms with van der Waals surface area (Å²) in [4.78, 5) is 12.0. The first-order chi connectivity index (χ1) is 10.2. The minimum Gasteiger partial charge on any atom is -0.493 e. The van der Waals surface area contributed by atoms with Gasteiger partial charge < -0.3 is 9.47 Å². The van der Waals surface area contributed by atoms with Crippen LogP contribution in [0, 0.1) is 11.3 Å². The molecule has 0 radical (unpaired) electrons.